The number of nitrogens with one attached hydrogen (secondary N) is 1. The van der Waals surface area contributed by atoms with E-state index in [2.05, 4.69) is 21.2 Å². The first-order valence-corrected chi connectivity index (χ1v) is 6.82. The molecule has 104 valence electrons. The van der Waals surface area contributed by atoms with Crippen molar-refractivity contribution in [2.75, 3.05) is 5.32 Å². The molecule has 0 heterocycles. The molecule has 2 aromatic rings. The summed E-state index contributed by atoms with van der Waals surface area (Å²) in [6.45, 7) is 1.64. The predicted octanol–water partition coefficient (Wildman–Crippen LogP) is 3.99. The van der Waals surface area contributed by atoms with Crippen LogP contribution in [0.5, 0.6) is 5.75 Å². The lowest BCUT2D eigenvalue weighted by molar-refractivity contribution is -0.122. The van der Waals surface area contributed by atoms with E-state index in [1.807, 2.05) is 12.1 Å². The summed E-state index contributed by atoms with van der Waals surface area (Å²) in [7, 11) is 0. The molecule has 0 aliphatic heterocycles. The van der Waals surface area contributed by atoms with Crippen LogP contribution in [0.25, 0.3) is 0 Å². The Kier molecular flexibility index (Phi) is 4.74. The van der Waals surface area contributed by atoms with Crippen molar-refractivity contribution < 1.29 is 13.9 Å². The van der Waals surface area contributed by atoms with Crippen LogP contribution >= 0.6 is 15.9 Å². The van der Waals surface area contributed by atoms with Crippen molar-refractivity contribution in [3.05, 3.63) is 58.8 Å². The van der Waals surface area contributed by atoms with Crippen LogP contribution in [0.1, 0.15) is 6.92 Å². The highest BCUT2D eigenvalue weighted by atomic mass is 79.9. The van der Waals surface area contributed by atoms with E-state index in [9.17, 15) is 9.18 Å². The molecule has 1 atom stereocenters. The Morgan fingerprint density at radius 2 is 1.95 bits per heavy atom. The van der Waals surface area contributed by atoms with Crippen molar-refractivity contribution in [1.82, 2.24) is 0 Å². The summed E-state index contributed by atoms with van der Waals surface area (Å²) in [6.07, 6.45) is -0.681. The first-order valence-electron chi connectivity index (χ1n) is 6.03. The molecule has 0 aromatic heterocycles. The number of hydrogen-bond acceptors (Lipinski definition) is 2. The molecule has 0 bridgehead atoms. The molecule has 2 rings (SSSR count). The molecule has 1 unspecified atom stereocenters. The van der Waals surface area contributed by atoms with E-state index in [0.717, 1.165) is 4.47 Å². The molecule has 2 aromatic carbocycles. The van der Waals surface area contributed by atoms with E-state index < -0.39 is 11.9 Å². The van der Waals surface area contributed by atoms with Gasteiger partial charge < -0.3 is 10.1 Å². The molecule has 0 saturated carbocycles. The van der Waals surface area contributed by atoms with Gasteiger partial charge in [0.05, 0.1) is 0 Å². The normalized spacial score (nSPS) is 11.8. The van der Waals surface area contributed by atoms with Gasteiger partial charge in [0, 0.05) is 10.2 Å². The van der Waals surface area contributed by atoms with Gasteiger partial charge in [-0.05, 0) is 49.4 Å². The zero-order valence-electron chi connectivity index (χ0n) is 10.8. The first-order chi connectivity index (χ1) is 9.54. The zero-order chi connectivity index (χ0) is 14.5. The van der Waals surface area contributed by atoms with Gasteiger partial charge in [-0.2, -0.15) is 0 Å². The summed E-state index contributed by atoms with van der Waals surface area (Å²) in [6, 6.07) is 12.9. The molecule has 0 aliphatic rings. The molecule has 0 fully saturated rings. The molecular formula is C15H13BrFNO2. The first kappa shape index (κ1) is 14.5. The van der Waals surface area contributed by atoms with Crippen molar-refractivity contribution in [2.45, 2.75) is 13.0 Å². The Labute approximate surface area is 124 Å². The lowest BCUT2D eigenvalue weighted by Crippen LogP contribution is -2.30. The van der Waals surface area contributed by atoms with E-state index >= 15 is 0 Å². The van der Waals surface area contributed by atoms with Gasteiger partial charge in [0.15, 0.2) is 6.10 Å². The number of anilines is 1. The minimum absolute atomic E-state index is 0.335. The van der Waals surface area contributed by atoms with E-state index in [0.29, 0.717) is 11.4 Å². The number of carbonyl (C=O) groups excluding carboxylic acids is 1. The van der Waals surface area contributed by atoms with Crippen molar-refractivity contribution >= 4 is 27.5 Å². The van der Waals surface area contributed by atoms with Crippen LogP contribution in [0.15, 0.2) is 53.0 Å². The number of carbonyl (C=O) groups is 1. The number of rotatable bonds is 4. The molecular weight excluding hydrogens is 325 g/mol. The van der Waals surface area contributed by atoms with Crippen LogP contribution in [0.2, 0.25) is 0 Å². The van der Waals surface area contributed by atoms with E-state index in [4.69, 9.17) is 4.74 Å². The van der Waals surface area contributed by atoms with E-state index in [1.54, 1.807) is 25.1 Å². The Morgan fingerprint density at radius 1 is 1.25 bits per heavy atom. The lowest BCUT2D eigenvalue weighted by Gasteiger charge is -2.14. The molecule has 0 radical (unpaired) electrons. The van der Waals surface area contributed by atoms with Gasteiger partial charge in [-0.3, -0.25) is 4.79 Å². The summed E-state index contributed by atoms with van der Waals surface area (Å²) >= 11 is 3.32. The minimum atomic E-state index is -0.681. The maximum atomic E-state index is 13.0. The lowest BCUT2D eigenvalue weighted by atomic mass is 10.3. The third-order valence-electron chi connectivity index (χ3n) is 2.59. The summed E-state index contributed by atoms with van der Waals surface area (Å²) in [5, 5.41) is 2.60. The zero-order valence-corrected chi connectivity index (χ0v) is 12.4. The Bertz CT molecular complexity index is 601. The van der Waals surface area contributed by atoms with Crippen LogP contribution in [-0.4, -0.2) is 12.0 Å². The highest BCUT2D eigenvalue weighted by Crippen LogP contribution is 2.18. The minimum Gasteiger partial charge on any atom is -0.481 e. The van der Waals surface area contributed by atoms with Crippen LogP contribution in [0, 0.1) is 5.82 Å². The van der Waals surface area contributed by atoms with Gasteiger partial charge in [0.2, 0.25) is 0 Å². The fourth-order valence-electron chi connectivity index (χ4n) is 1.58. The van der Waals surface area contributed by atoms with Gasteiger partial charge in [0.25, 0.3) is 5.91 Å². The monoisotopic (exact) mass is 337 g/mol. The number of benzene rings is 2. The van der Waals surface area contributed by atoms with E-state index in [-0.39, 0.29) is 5.91 Å². The number of ether oxygens (including phenoxy) is 1. The Morgan fingerprint density at radius 3 is 2.60 bits per heavy atom. The maximum Gasteiger partial charge on any atom is 0.265 e. The molecule has 3 nitrogen and oxygen atoms in total. The van der Waals surface area contributed by atoms with Crippen LogP contribution in [0.3, 0.4) is 0 Å². The largest absolute Gasteiger partial charge is 0.481 e. The van der Waals surface area contributed by atoms with Crippen LogP contribution in [-0.2, 0) is 4.79 Å². The molecule has 5 heteroatoms. The van der Waals surface area contributed by atoms with Crippen molar-refractivity contribution in [1.29, 1.82) is 0 Å². The molecule has 0 spiro atoms. The maximum absolute atomic E-state index is 13.0. The van der Waals surface area contributed by atoms with Crippen molar-refractivity contribution in [2.24, 2.45) is 0 Å². The SMILES string of the molecule is CC(Oc1ccc(Br)cc1)C(=O)Nc1cccc(F)c1. The third kappa shape index (κ3) is 4.06. The van der Waals surface area contributed by atoms with Crippen LogP contribution in [0.4, 0.5) is 10.1 Å². The molecule has 20 heavy (non-hydrogen) atoms. The standard InChI is InChI=1S/C15H13BrFNO2/c1-10(20-14-7-5-11(16)6-8-14)15(19)18-13-4-2-3-12(17)9-13/h2-10H,1H3,(H,18,19). The molecule has 1 amide bonds. The summed E-state index contributed by atoms with van der Waals surface area (Å²) < 4.78 is 19.5. The Hall–Kier alpha value is -1.88. The van der Waals surface area contributed by atoms with Gasteiger partial charge in [-0.25, -0.2) is 4.39 Å². The van der Waals surface area contributed by atoms with Gasteiger partial charge >= 0.3 is 0 Å². The number of amides is 1. The van der Waals surface area contributed by atoms with E-state index in [1.165, 1.54) is 18.2 Å². The van der Waals surface area contributed by atoms with Gasteiger partial charge in [0.1, 0.15) is 11.6 Å². The smallest absolute Gasteiger partial charge is 0.265 e. The number of hydrogen-bond donors (Lipinski definition) is 1. The average Bonchev–Trinajstić information content (AvgIpc) is 2.41. The van der Waals surface area contributed by atoms with Crippen molar-refractivity contribution in [3.8, 4) is 5.75 Å². The fraction of sp³-hybridized carbons (Fsp3) is 0.133. The third-order valence-corrected chi connectivity index (χ3v) is 3.12. The second-order valence-electron chi connectivity index (χ2n) is 4.21. The topological polar surface area (TPSA) is 38.3 Å². The van der Waals surface area contributed by atoms with Gasteiger partial charge in [-0.1, -0.05) is 22.0 Å². The van der Waals surface area contributed by atoms with Gasteiger partial charge in [-0.15, -0.1) is 0 Å². The van der Waals surface area contributed by atoms with Crippen molar-refractivity contribution in [3.63, 3.8) is 0 Å². The summed E-state index contributed by atoms with van der Waals surface area (Å²) in [5.41, 5.74) is 0.404. The highest BCUT2D eigenvalue weighted by molar-refractivity contribution is 9.10. The quantitative estimate of drug-likeness (QED) is 0.915. The second-order valence-corrected chi connectivity index (χ2v) is 5.13. The fourth-order valence-corrected chi connectivity index (χ4v) is 1.85. The molecule has 1 N–H and O–H groups in total. The number of halogens is 2. The highest BCUT2D eigenvalue weighted by Gasteiger charge is 2.15. The van der Waals surface area contributed by atoms with Crippen LogP contribution < -0.4 is 10.1 Å². The molecule has 0 saturated heterocycles. The summed E-state index contributed by atoms with van der Waals surface area (Å²) in [5.74, 6) is -0.141. The summed E-state index contributed by atoms with van der Waals surface area (Å²) in [4.78, 5) is 11.9. The second kappa shape index (κ2) is 6.52. The average molecular weight is 338 g/mol. The Balaban J connectivity index is 1.96. The molecule has 0 aliphatic carbocycles. The predicted molar refractivity (Wildman–Crippen MR) is 79.3 cm³/mol.